The van der Waals surface area contributed by atoms with Crippen LogP contribution in [0, 0.1) is 0 Å². The monoisotopic (exact) mass is 407 g/mol. The van der Waals surface area contributed by atoms with Crippen LogP contribution in [0.15, 0.2) is 65.8 Å². The van der Waals surface area contributed by atoms with E-state index in [0.717, 1.165) is 6.21 Å². The summed E-state index contributed by atoms with van der Waals surface area (Å²) >= 11 is 6.19. The fourth-order valence-corrected chi connectivity index (χ4v) is 2.47. The Morgan fingerprint density at radius 3 is 2.11 bits per heavy atom. The van der Waals surface area contributed by atoms with Gasteiger partial charge in [0, 0.05) is 0 Å². The van der Waals surface area contributed by atoms with Gasteiger partial charge in [0.2, 0.25) is 0 Å². The Hall–Kier alpha value is -2.93. The lowest BCUT2D eigenvalue weighted by Gasteiger charge is -2.23. The third kappa shape index (κ3) is 6.35. The molecule has 0 aliphatic heterocycles. The summed E-state index contributed by atoms with van der Waals surface area (Å²) in [6, 6.07) is 16.3. The second kappa shape index (κ2) is 11.0. The van der Waals surface area contributed by atoms with Gasteiger partial charge in [-0.15, -0.1) is 11.6 Å². The third-order valence-electron chi connectivity index (χ3n) is 3.61. The maximum absolute atomic E-state index is 14.5. The molecule has 0 fully saturated rings. The van der Waals surface area contributed by atoms with Crippen LogP contribution in [-0.2, 0) is 14.3 Å². The van der Waals surface area contributed by atoms with Gasteiger partial charge in [-0.05, 0) is 24.3 Å². The summed E-state index contributed by atoms with van der Waals surface area (Å²) in [7, 11) is 1.24. The normalized spacial score (nSPS) is 14.1. The molecule has 0 bridgehead atoms. The molecule has 0 aliphatic carbocycles. The summed E-state index contributed by atoms with van der Waals surface area (Å²) in [5.74, 6) is -1.39. The van der Waals surface area contributed by atoms with Crippen LogP contribution in [0.1, 0.15) is 20.7 Å². The molecule has 0 saturated carbocycles. The smallest absolute Gasteiger partial charge is 0.338 e. The van der Waals surface area contributed by atoms with Crippen molar-refractivity contribution < 1.29 is 28.3 Å². The number of hydrogen-bond donors (Lipinski definition) is 0. The summed E-state index contributed by atoms with van der Waals surface area (Å²) < 4.78 is 24.8. The van der Waals surface area contributed by atoms with E-state index in [0.29, 0.717) is 5.56 Å². The number of esters is 2. The van der Waals surface area contributed by atoms with Crippen molar-refractivity contribution in [2.45, 2.75) is 17.7 Å². The molecule has 28 heavy (non-hydrogen) atoms. The number of nitrogens with zero attached hydrogens (tertiary/aromatic N) is 1. The SMILES string of the molecule is CO/N=C/[C@@H](F)[C@H](OC(=O)c1ccccc1)[C@@H](Cl)COC(=O)c1ccccc1. The molecular formula is C20H19ClFNO5. The third-order valence-corrected chi connectivity index (χ3v) is 3.99. The fraction of sp³-hybridized carbons (Fsp3) is 0.250. The van der Waals surface area contributed by atoms with Crippen molar-refractivity contribution in [3.8, 4) is 0 Å². The van der Waals surface area contributed by atoms with Gasteiger partial charge in [0.25, 0.3) is 0 Å². The van der Waals surface area contributed by atoms with E-state index in [1.54, 1.807) is 48.5 Å². The molecule has 0 N–H and O–H groups in total. The summed E-state index contributed by atoms with van der Waals surface area (Å²) in [6.45, 7) is -0.372. The van der Waals surface area contributed by atoms with Gasteiger partial charge in [0.1, 0.15) is 19.1 Å². The minimum Gasteiger partial charge on any atom is -0.460 e. The molecule has 0 radical (unpaired) electrons. The number of carbonyl (C=O) groups excluding carboxylic acids is 2. The van der Waals surface area contributed by atoms with E-state index >= 15 is 0 Å². The molecule has 0 aromatic heterocycles. The minimum atomic E-state index is -1.87. The van der Waals surface area contributed by atoms with E-state index in [1.165, 1.54) is 19.2 Å². The zero-order valence-corrected chi connectivity index (χ0v) is 15.8. The average molecular weight is 408 g/mol. The molecule has 2 aromatic rings. The van der Waals surface area contributed by atoms with E-state index in [2.05, 4.69) is 9.99 Å². The molecule has 0 saturated heterocycles. The molecule has 0 unspecified atom stereocenters. The first-order valence-electron chi connectivity index (χ1n) is 8.36. The lowest BCUT2D eigenvalue weighted by Crippen LogP contribution is -2.40. The van der Waals surface area contributed by atoms with Crippen LogP contribution in [-0.4, -0.2) is 49.5 Å². The second-order valence-electron chi connectivity index (χ2n) is 5.60. The van der Waals surface area contributed by atoms with Gasteiger partial charge >= 0.3 is 11.9 Å². The van der Waals surface area contributed by atoms with E-state index in [4.69, 9.17) is 21.1 Å². The van der Waals surface area contributed by atoms with Crippen molar-refractivity contribution in [3.05, 3.63) is 71.8 Å². The van der Waals surface area contributed by atoms with Crippen LogP contribution in [0.4, 0.5) is 4.39 Å². The first kappa shape index (κ1) is 21.4. The lowest BCUT2D eigenvalue weighted by atomic mass is 10.1. The first-order valence-corrected chi connectivity index (χ1v) is 8.79. The molecule has 0 amide bonds. The Balaban J connectivity index is 2.05. The number of carbonyl (C=O) groups is 2. The van der Waals surface area contributed by atoms with Gasteiger partial charge in [0.15, 0.2) is 12.3 Å². The van der Waals surface area contributed by atoms with Gasteiger partial charge in [0.05, 0.1) is 17.3 Å². The number of alkyl halides is 2. The highest BCUT2D eigenvalue weighted by Crippen LogP contribution is 2.17. The summed E-state index contributed by atoms with van der Waals surface area (Å²) in [4.78, 5) is 28.7. The van der Waals surface area contributed by atoms with E-state index in [-0.39, 0.29) is 12.2 Å². The summed E-state index contributed by atoms with van der Waals surface area (Å²) in [6.07, 6.45) is -2.50. The van der Waals surface area contributed by atoms with Crippen LogP contribution < -0.4 is 0 Å². The topological polar surface area (TPSA) is 74.2 Å². The highest BCUT2D eigenvalue weighted by molar-refractivity contribution is 6.21. The Labute approximate surface area is 166 Å². The van der Waals surface area contributed by atoms with Gasteiger partial charge in [-0.2, -0.15) is 0 Å². The minimum absolute atomic E-state index is 0.230. The number of halogens is 2. The predicted octanol–water partition coefficient (Wildman–Crippen LogP) is 3.65. The highest BCUT2D eigenvalue weighted by atomic mass is 35.5. The van der Waals surface area contributed by atoms with Gasteiger partial charge in [-0.1, -0.05) is 41.6 Å². The molecule has 8 heteroatoms. The maximum Gasteiger partial charge on any atom is 0.338 e. The van der Waals surface area contributed by atoms with E-state index < -0.39 is 29.6 Å². The maximum atomic E-state index is 14.5. The highest BCUT2D eigenvalue weighted by Gasteiger charge is 2.33. The molecule has 148 valence electrons. The van der Waals surface area contributed by atoms with Crippen LogP contribution in [0.2, 0.25) is 0 Å². The fourth-order valence-electron chi connectivity index (χ4n) is 2.22. The Bertz CT molecular complexity index is 788. The number of rotatable bonds is 9. The Kier molecular flexibility index (Phi) is 8.42. The van der Waals surface area contributed by atoms with Crippen molar-refractivity contribution in [3.63, 3.8) is 0 Å². The van der Waals surface area contributed by atoms with Gasteiger partial charge < -0.3 is 14.3 Å². The average Bonchev–Trinajstić information content (AvgIpc) is 2.74. The molecule has 6 nitrogen and oxygen atoms in total. The number of benzene rings is 2. The zero-order valence-electron chi connectivity index (χ0n) is 15.0. The second-order valence-corrected chi connectivity index (χ2v) is 6.16. The molecule has 0 aliphatic rings. The van der Waals surface area contributed by atoms with E-state index in [9.17, 15) is 14.0 Å². The molecular weight excluding hydrogens is 389 g/mol. The van der Waals surface area contributed by atoms with Crippen molar-refractivity contribution in [1.29, 1.82) is 0 Å². The predicted molar refractivity (Wildman–Crippen MR) is 102 cm³/mol. The lowest BCUT2D eigenvalue weighted by molar-refractivity contribution is 0.00677. The Morgan fingerprint density at radius 1 is 1.04 bits per heavy atom. The van der Waals surface area contributed by atoms with Crippen molar-refractivity contribution >= 4 is 29.8 Å². The molecule has 0 heterocycles. The van der Waals surface area contributed by atoms with Crippen molar-refractivity contribution in [1.82, 2.24) is 0 Å². The number of hydrogen-bond acceptors (Lipinski definition) is 6. The molecule has 2 rings (SSSR count). The van der Waals surface area contributed by atoms with Gasteiger partial charge in [-0.25, -0.2) is 14.0 Å². The summed E-state index contributed by atoms with van der Waals surface area (Å²) in [5, 5.41) is 2.19. The van der Waals surface area contributed by atoms with Crippen LogP contribution >= 0.6 is 11.6 Å². The quantitative estimate of drug-likeness (QED) is 0.274. The van der Waals surface area contributed by atoms with Gasteiger partial charge in [-0.3, -0.25) is 0 Å². The first-order chi connectivity index (χ1) is 13.5. The number of oxime groups is 1. The zero-order chi connectivity index (χ0) is 20.4. The van der Waals surface area contributed by atoms with Crippen molar-refractivity contribution in [2.75, 3.05) is 13.7 Å². The molecule has 2 aromatic carbocycles. The van der Waals surface area contributed by atoms with Crippen LogP contribution in [0.3, 0.4) is 0 Å². The number of ether oxygens (including phenoxy) is 2. The van der Waals surface area contributed by atoms with Crippen molar-refractivity contribution in [2.24, 2.45) is 5.16 Å². The standard InChI is InChI=1S/C20H19ClFNO5/c1-26-23-12-17(22)18(28-20(25)15-10-6-3-7-11-15)16(21)13-27-19(24)14-8-4-2-5-9-14/h2-12,16-18H,13H2,1H3/b23-12+/t16-,17+,18+/m0/s1. The van der Waals surface area contributed by atoms with Crippen LogP contribution in [0.25, 0.3) is 0 Å². The molecule has 3 atom stereocenters. The van der Waals surface area contributed by atoms with E-state index in [1.807, 2.05) is 0 Å². The molecule has 0 spiro atoms. The largest absolute Gasteiger partial charge is 0.460 e. The van der Waals surface area contributed by atoms with Crippen LogP contribution in [0.5, 0.6) is 0 Å². The Morgan fingerprint density at radius 2 is 1.57 bits per heavy atom. The summed E-state index contributed by atoms with van der Waals surface area (Å²) in [5.41, 5.74) is 0.551.